The molecule has 6 atom stereocenters. The number of amides is 4. The van der Waals surface area contributed by atoms with Crippen molar-refractivity contribution in [1.82, 2.24) is 4.90 Å². The van der Waals surface area contributed by atoms with Gasteiger partial charge in [-0.3, -0.25) is 24.1 Å². The minimum atomic E-state index is -2.00. The predicted molar refractivity (Wildman–Crippen MR) is 168 cm³/mol. The number of phenolic OH excluding ortho intramolecular Hbond substituents is 1. The van der Waals surface area contributed by atoms with Crippen LogP contribution in [0, 0.1) is 24.7 Å². The highest BCUT2D eigenvalue weighted by molar-refractivity contribution is 9.09. The quantitative estimate of drug-likeness (QED) is 0.147. The SMILES string of the molecule is Cc1ccc(N2C(=O)[C@H]3[C@H](CC=C4[C@H]3C[C@@]3(Cl)C(=O)N(CBr)C(=O)[C@@]3(Cl)[C@H]4c3ccc4ccccc4c3O)C2=O)cc1Cl. The van der Waals surface area contributed by atoms with Crippen LogP contribution in [0.1, 0.15) is 29.9 Å². The van der Waals surface area contributed by atoms with Gasteiger partial charge in [-0.25, -0.2) is 4.90 Å². The maximum atomic E-state index is 14.2. The Morgan fingerprint density at radius 1 is 0.977 bits per heavy atom. The number of hydrogen-bond donors (Lipinski definition) is 1. The van der Waals surface area contributed by atoms with Crippen molar-refractivity contribution < 1.29 is 24.3 Å². The lowest BCUT2D eigenvalue weighted by atomic mass is 9.56. The van der Waals surface area contributed by atoms with E-state index >= 15 is 0 Å². The van der Waals surface area contributed by atoms with E-state index in [-0.39, 0.29) is 30.0 Å². The monoisotopic (exact) mass is 700 g/mol. The van der Waals surface area contributed by atoms with Gasteiger partial charge in [0.2, 0.25) is 11.8 Å². The maximum Gasteiger partial charge on any atom is 0.254 e. The summed E-state index contributed by atoms with van der Waals surface area (Å²) in [6.45, 7) is 1.83. The number of aromatic hydroxyl groups is 1. The van der Waals surface area contributed by atoms with E-state index in [1.807, 2.05) is 31.2 Å². The highest BCUT2D eigenvalue weighted by Crippen LogP contribution is 2.66. The van der Waals surface area contributed by atoms with Crippen molar-refractivity contribution >= 4 is 90.8 Å². The number of likely N-dealkylation sites (tertiary alicyclic amines) is 1. The number of fused-ring (bicyclic) bond motifs is 5. The zero-order valence-electron chi connectivity index (χ0n) is 22.7. The van der Waals surface area contributed by atoms with Gasteiger partial charge in [-0.05, 0) is 48.8 Å². The summed E-state index contributed by atoms with van der Waals surface area (Å²) >= 11 is 24.2. The molecule has 3 fully saturated rings. The first-order chi connectivity index (χ1) is 20.5. The number of halogens is 4. The summed E-state index contributed by atoms with van der Waals surface area (Å²) in [5.41, 5.74) is 1.98. The second kappa shape index (κ2) is 9.80. The maximum absolute atomic E-state index is 14.2. The van der Waals surface area contributed by atoms with Gasteiger partial charge in [-0.1, -0.05) is 81.6 Å². The summed E-state index contributed by atoms with van der Waals surface area (Å²) in [6.07, 6.45) is 1.93. The Labute approximate surface area is 270 Å². The first-order valence-electron chi connectivity index (χ1n) is 13.8. The van der Waals surface area contributed by atoms with Gasteiger partial charge in [-0.15, -0.1) is 23.2 Å². The molecule has 0 aromatic heterocycles. The Morgan fingerprint density at radius 3 is 2.44 bits per heavy atom. The molecule has 0 radical (unpaired) electrons. The van der Waals surface area contributed by atoms with Crippen LogP contribution in [0.25, 0.3) is 10.8 Å². The molecule has 0 bridgehead atoms. The van der Waals surface area contributed by atoms with Gasteiger partial charge in [0.15, 0.2) is 9.75 Å². The zero-order chi connectivity index (χ0) is 30.6. The van der Waals surface area contributed by atoms with Crippen LogP contribution in [-0.2, 0) is 19.2 Å². The zero-order valence-corrected chi connectivity index (χ0v) is 26.5. The van der Waals surface area contributed by atoms with Crippen molar-refractivity contribution in [2.45, 2.75) is 35.4 Å². The summed E-state index contributed by atoms with van der Waals surface area (Å²) in [5, 5.41) is 13.4. The minimum absolute atomic E-state index is 0.0897. The molecule has 7 nitrogen and oxygen atoms in total. The number of nitrogens with zero attached hydrogens (tertiary/aromatic N) is 2. The largest absolute Gasteiger partial charge is 0.507 e. The predicted octanol–water partition coefficient (Wildman–Crippen LogP) is 6.42. The molecule has 3 aromatic rings. The van der Waals surface area contributed by atoms with Crippen molar-refractivity contribution in [3.63, 3.8) is 0 Å². The second-order valence-corrected chi connectivity index (χ2v) is 13.8. The van der Waals surface area contributed by atoms with E-state index < -0.39 is 51.1 Å². The van der Waals surface area contributed by atoms with E-state index in [2.05, 4.69) is 15.9 Å². The highest BCUT2D eigenvalue weighted by atomic mass is 79.9. The molecule has 2 aliphatic carbocycles. The van der Waals surface area contributed by atoms with Crippen molar-refractivity contribution in [2.24, 2.45) is 17.8 Å². The lowest BCUT2D eigenvalue weighted by Crippen LogP contribution is -2.60. The summed E-state index contributed by atoms with van der Waals surface area (Å²) < 4.78 is 0. The highest BCUT2D eigenvalue weighted by Gasteiger charge is 2.76. The van der Waals surface area contributed by atoms with Crippen LogP contribution >= 0.6 is 50.7 Å². The third kappa shape index (κ3) is 3.67. The number of alkyl halides is 3. The van der Waals surface area contributed by atoms with Crippen molar-refractivity contribution in [1.29, 1.82) is 0 Å². The molecule has 2 saturated heterocycles. The van der Waals surface area contributed by atoms with E-state index in [0.717, 1.165) is 20.7 Å². The van der Waals surface area contributed by atoms with Crippen LogP contribution in [0.5, 0.6) is 5.75 Å². The fourth-order valence-electron chi connectivity index (χ4n) is 7.58. The molecule has 43 heavy (non-hydrogen) atoms. The molecule has 11 heteroatoms. The van der Waals surface area contributed by atoms with Gasteiger partial charge < -0.3 is 5.11 Å². The molecule has 4 amide bonds. The summed E-state index contributed by atoms with van der Waals surface area (Å²) in [4.78, 5) is 54.0. The second-order valence-electron chi connectivity index (χ2n) is 11.7. The molecular weight excluding hydrogens is 679 g/mol. The molecule has 2 heterocycles. The lowest BCUT2D eigenvalue weighted by molar-refractivity contribution is -0.138. The smallest absolute Gasteiger partial charge is 0.254 e. The average Bonchev–Trinajstić information content (AvgIpc) is 3.33. The van der Waals surface area contributed by atoms with Crippen molar-refractivity contribution in [2.75, 3.05) is 10.4 Å². The van der Waals surface area contributed by atoms with Crippen LogP contribution in [0.15, 0.2) is 66.2 Å². The number of anilines is 1. The molecule has 1 N–H and O–H groups in total. The van der Waals surface area contributed by atoms with E-state index in [1.165, 1.54) is 0 Å². The number of phenols is 1. The molecule has 7 rings (SSSR count). The van der Waals surface area contributed by atoms with E-state index in [9.17, 15) is 24.3 Å². The number of rotatable bonds is 3. The Morgan fingerprint density at radius 2 is 1.72 bits per heavy atom. The number of imide groups is 2. The number of carbonyl (C=O) groups excluding carboxylic acids is 4. The topological polar surface area (TPSA) is 95.0 Å². The van der Waals surface area contributed by atoms with Crippen molar-refractivity contribution in [3.8, 4) is 5.75 Å². The molecule has 2 aliphatic heterocycles. The Kier molecular flexibility index (Phi) is 6.57. The first kappa shape index (κ1) is 28.8. The Bertz CT molecular complexity index is 1830. The average molecular weight is 703 g/mol. The molecule has 0 spiro atoms. The first-order valence-corrected chi connectivity index (χ1v) is 16.1. The summed E-state index contributed by atoms with van der Waals surface area (Å²) in [6, 6.07) is 15.8. The van der Waals surface area contributed by atoms with Crippen LogP contribution in [0.2, 0.25) is 5.02 Å². The summed E-state index contributed by atoms with van der Waals surface area (Å²) in [5.74, 6) is -5.55. The molecular formula is C32H24BrCl3N2O5. The number of carbonyl (C=O) groups is 4. The standard InChI is InChI=1S/C32H24BrCl3N2O5/c1-15-6-8-17(12-23(15)34)38-27(40)20-11-10-19-22(24(20)28(38)41)13-31(35)29(42)37(14-33)30(43)32(31,36)25(19)21-9-7-16-4-2-3-5-18(16)26(21)39/h2-10,12,20,22,24-25,39H,11,13-14H2,1H3/t20-,22+,24-,25+,31+,32-/m0/s1. The van der Waals surface area contributed by atoms with Gasteiger partial charge in [0, 0.05) is 21.9 Å². The lowest BCUT2D eigenvalue weighted by Gasteiger charge is -2.50. The molecule has 1 saturated carbocycles. The summed E-state index contributed by atoms with van der Waals surface area (Å²) in [7, 11) is 0. The van der Waals surface area contributed by atoms with Gasteiger partial charge in [0.25, 0.3) is 11.8 Å². The van der Waals surface area contributed by atoms with E-state index in [4.69, 9.17) is 34.8 Å². The third-order valence-corrected chi connectivity index (χ3v) is 12.0. The van der Waals surface area contributed by atoms with Gasteiger partial charge >= 0.3 is 0 Å². The van der Waals surface area contributed by atoms with Crippen LogP contribution < -0.4 is 4.90 Å². The van der Waals surface area contributed by atoms with Gasteiger partial charge in [0.05, 0.1) is 23.0 Å². The normalized spacial score (nSPS) is 31.8. The molecule has 4 aliphatic rings. The number of allylic oxidation sites excluding steroid dienone is 2. The van der Waals surface area contributed by atoms with Crippen LogP contribution in [-0.4, -0.2) is 48.8 Å². The van der Waals surface area contributed by atoms with Gasteiger partial charge in [-0.2, -0.15) is 0 Å². The third-order valence-electron chi connectivity index (χ3n) is 9.67. The van der Waals surface area contributed by atoms with Crippen molar-refractivity contribution in [3.05, 3.63) is 82.4 Å². The van der Waals surface area contributed by atoms with E-state index in [0.29, 0.717) is 27.2 Å². The molecule has 220 valence electrons. The van der Waals surface area contributed by atoms with Crippen LogP contribution in [0.3, 0.4) is 0 Å². The molecule has 3 aromatic carbocycles. The Hall–Kier alpha value is -2.91. The Balaban J connectivity index is 1.42. The number of hydrogen-bond acceptors (Lipinski definition) is 5. The van der Waals surface area contributed by atoms with E-state index in [1.54, 1.807) is 36.4 Å². The number of benzene rings is 3. The fraction of sp³-hybridized carbons (Fsp3) is 0.312. The fourth-order valence-corrected chi connectivity index (χ4v) is 9.17. The number of aryl methyl sites for hydroxylation is 1. The molecule has 0 unspecified atom stereocenters. The minimum Gasteiger partial charge on any atom is -0.507 e. The van der Waals surface area contributed by atoms with Crippen LogP contribution in [0.4, 0.5) is 5.69 Å². The van der Waals surface area contributed by atoms with Gasteiger partial charge in [0.1, 0.15) is 5.75 Å².